The van der Waals surface area contributed by atoms with E-state index in [1.54, 1.807) is 0 Å². The molecule has 4 atom stereocenters. The zero-order valence-electron chi connectivity index (χ0n) is 14.1. The Hall–Kier alpha value is -1.39. The van der Waals surface area contributed by atoms with Crippen LogP contribution >= 0.6 is 0 Å². The minimum atomic E-state index is 0.162. The zero-order valence-corrected chi connectivity index (χ0v) is 14.1. The number of carbonyl (C=O) groups is 1. The van der Waals surface area contributed by atoms with Crippen LogP contribution in [0, 0.1) is 11.8 Å². The van der Waals surface area contributed by atoms with Gasteiger partial charge in [-0.25, -0.2) is 0 Å². The van der Waals surface area contributed by atoms with Crippen molar-refractivity contribution in [1.82, 2.24) is 10.2 Å². The lowest BCUT2D eigenvalue weighted by Gasteiger charge is -2.25. The maximum atomic E-state index is 12.1. The molecule has 2 aliphatic rings. The van der Waals surface area contributed by atoms with Crippen molar-refractivity contribution in [2.45, 2.75) is 44.7 Å². The van der Waals surface area contributed by atoms with Gasteiger partial charge in [0, 0.05) is 38.1 Å². The summed E-state index contributed by atoms with van der Waals surface area (Å²) in [5, 5.41) is 3.05. The highest BCUT2D eigenvalue weighted by molar-refractivity contribution is 5.76. The van der Waals surface area contributed by atoms with Gasteiger partial charge in [-0.15, -0.1) is 0 Å². The van der Waals surface area contributed by atoms with Crippen LogP contribution in [0.1, 0.15) is 31.7 Å². The van der Waals surface area contributed by atoms with E-state index >= 15 is 0 Å². The van der Waals surface area contributed by atoms with Crippen LogP contribution in [0.3, 0.4) is 0 Å². The fourth-order valence-corrected chi connectivity index (χ4v) is 4.16. The molecule has 1 aliphatic heterocycles. The number of likely N-dealkylation sites (tertiary alicyclic amines) is 1. The van der Waals surface area contributed by atoms with Gasteiger partial charge in [0.25, 0.3) is 0 Å². The Morgan fingerprint density at radius 1 is 1.30 bits per heavy atom. The summed E-state index contributed by atoms with van der Waals surface area (Å²) in [6.45, 7) is 5.08. The summed E-state index contributed by atoms with van der Waals surface area (Å²) < 4.78 is 0. The third kappa shape index (κ3) is 4.12. The molecule has 1 saturated carbocycles. The first-order chi connectivity index (χ1) is 11.1. The Balaban J connectivity index is 1.38. The molecule has 0 aromatic heterocycles. The van der Waals surface area contributed by atoms with E-state index in [9.17, 15) is 4.79 Å². The Bertz CT molecular complexity index is 519. The second kappa shape index (κ2) is 7.45. The van der Waals surface area contributed by atoms with E-state index < -0.39 is 0 Å². The van der Waals surface area contributed by atoms with Crippen molar-refractivity contribution >= 4 is 5.91 Å². The van der Waals surface area contributed by atoms with Crippen molar-refractivity contribution in [3.63, 3.8) is 0 Å². The summed E-state index contributed by atoms with van der Waals surface area (Å²) in [5.41, 5.74) is 7.46. The summed E-state index contributed by atoms with van der Waals surface area (Å²) >= 11 is 0. The number of benzene rings is 1. The minimum absolute atomic E-state index is 0.162. The SMILES string of the molecule is C[C@H](CC(=O)NCCc1ccccc1)N1C[C@@H]2CC[C@@H](N)[C@@H]2C1. The number of rotatable bonds is 6. The van der Waals surface area contributed by atoms with Gasteiger partial charge in [0.05, 0.1) is 0 Å². The molecule has 0 unspecified atom stereocenters. The van der Waals surface area contributed by atoms with Crippen molar-refractivity contribution in [1.29, 1.82) is 0 Å². The molecule has 1 aromatic carbocycles. The van der Waals surface area contributed by atoms with E-state index in [0.717, 1.165) is 25.4 Å². The second-order valence-electron chi connectivity index (χ2n) is 7.26. The topological polar surface area (TPSA) is 58.4 Å². The van der Waals surface area contributed by atoms with Crippen LogP contribution in [0.2, 0.25) is 0 Å². The molecule has 1 aromatic rings. The summed E-state index contributed by atoms with van der Waals surface area (Å²) in [4.78, 5) is 14.6. The molecule has 1 amide bonds. The van der Waals surface area contributed by atoms with Crippen molar-refractivity contribution in [3.8, 4) is 0 Å². The van der Waals surface area contributed by atoms with E-state index in [2.05, 4.69) is 29.3 Å². The molecule has 2 fully saturated rings. The Kier molecular flexibility index (Phi) is 5.34. The van der Waals surface area contributed by atoms with E-state index in [1.165, 1.54) is 18.4 Å². The molecular formula is C19H29N3O. The second-order valence-corrected chi connectivity index (χ2v) is 7.26. The van der Waals surface area contributed by atoms with Gasteiger partial charge in [0.15, 0.2) is 0 Å². The molecule has 1 aliphatic carbocycles. The summed E-state index contributed by atoms with van der Waals surface area (Å²) in [5.74, 6) is 1.57. The molecule has 0 bridgehead atoms. The largest absolute Gasteiger partial charge is 0.356 e. The standard InChI is InChI=1S/C19H29N3O/c1-14(22-12-16-7-8-18(20)17(16)13-22)11-19(23)21-10-9-15-5-3-2-4-6-15/h2-6,14,16-18H,7-13,20H2,1H3,(H,21,23)/t14-,16+,17-,18-/m1/s1. The maximum absolute atomic E-state index is 12.1. The van der Waals surface area contributed by atoms with Crippen LogP contribution < -0.4 is 11.1 Å². The highest BCUT2D eigenvalue weighted by Crippen LogP contribution is 2.38. The fraction of sp³-hybridized carbons (Fsp3) is 0.632. The van der Waals surface area contributed by atoms with Gasteiger partial charge in [-0.05, 0) is 43.6 Å². The third-order valence-corrected chi connectivity index (χ3v) is 5.62. The van der Waals surface area contributed by atoms with E-state index in [0.29, 0.717) is 31.0 Å². The van der Waals surface area contributed by atoms with Crippen LogP contribution in [0.15, 0.2) is 30.3 Å². The number of amides is 1. The summed E-state index contributed by atoms with van der Waals surface area (Å²) in [6, 6.07) is 11.0. The first kappa shape index (κ1) is 16.5. The Labute approximate surface area is 139 Å². The first-order valence-electron chi connectivity index (χ1n) is 8.93. The molecule has 1 heterocycles. The quantitative estimate of drug-likeness (QED) is 0.841. The number of nitrogens with zero attached hydrogens (tertiary/aromatic N) is 1. The Morgan fingerprint density at radius 2 is 2.09 bits per heavy atom. The number of hydrogen-bond acceptors (Lipinski definition) is 3. The number of hydrogen-bond donors (Lipinski definition) is 2. The normalized spacial score (nSPS) is 28.5. The van der Waals surface area contributed by atoms with Crippen LogP contribution in [-0.4, -0.2) is 42.5 Å². The number of nitrogens with one attached hydrogen (secondary N) is 1. The van der Waals surface area contributed by atoms with E-state index in [1.807, 2.05) is 18.2 Å². The lowest BCUT2D eigenvalue weighted by atomic mass is 9.98. The lowest BCUT2D eigenvalue weighted by molar-refractivity contribution is -0.122. The smallest absolute Gasteiger partial charge is 0.221 e. The molecule has 23 heavy (non-hydrogen) atoms. The van der Waals surface area contributed by atoms with Gasteiger partial charge >= 0.3 is 0 Å². The number of fused-ring (bicyclic) bond motifs is 1. The zero-order chi connectivity index (χ0) is 16.2. The van der Waals surface area contributed by atoms with Gasteiger partial charge in [-0.2, -0.15) is 0 Å². The van der Waals surface area contributed by atoms with Crippen molar-refractivity contribution in [2.75, 3.05) is 19.6 Å². The molecule has 0 radical (unpaired) electrons. The monoisotopic (exact) mass is 315 g/mol. The fourth-order valence-electron chi connectivity index (χ4n) is 4.16. The van der Waals surface area contributed by atoms with Gasteiger partial charge in [-0.3, -0.25) is 9.69 Å². The molecule has 3 N–H and O–H groups in total. The van der Waals surface area contributed by atoms with Crippen LogP contribution in [0.25, 0.3) is 0 Å². The molecule has 4 heteroatoms. The van der Waals surface area contributed by atoms with Crippen LogP contribution in [0.5, 0.6) is 0 Å². The van der Waals surface area contributed by atoms with E-state index in [4.69, 9.17) is 5.73 Å². The molecular weight excluding hydrogens is 286 g/mol. The van der Waals surface area contributed by atoms with Gasteiger partial charge in [-0.1, -0.05) is 30.3 Å². The van der Waals surface area contributed by atoms with Gasteiger partial charge < -0.3 is 11.1 Å². The number of carbonyl (C=O) groups excluding carboxylic acids is 1. The molecule has 126 valence electrons. The predicted octanol–water partition coefficient (Wildman–Crippen LogP) is 1.79. The minimum Gasteiger partial charge on any atom is -0.356 e. The molecule has 4 nitrogen and oxygen atoms in total. The predicted molar refractivity (Wildman–Crippen MR) is 93.0 cm³/mol. The molecule has 1 saturated heterocycles. The highest BCUT2D eigenvalue weighted by atomic mass is 16.1. The molecule has 0 spiro atoms. The van der Waals surface area contributed by atoms with Crippen molar-refractivity contribution < 1.29 is 4.79 Å². The number of nitrogens with two attached hydrogens (primary N) is 1. The average molecular weight is 315 g/mol. The van der Waals surface area contributed by atoms with Gasteiger partial charge in [0.2, 0.25) is 5.91 Å². The lowest BCUT2D eigenvalue weighted by Crippen LogP contribution is -2.38. The summed E-state index contributed by atoms with van der Waals surface area (Å²) in [7, 11) is 0. The van der Waals surface area contributed by atoms with Crippen LogP contribution in [0.4, 0.5) is 0 Å². The average Bonchev–Trinajstić information content (AvgIpc) is 3.11. The van der Waals surface area contributed by atoms with Crippen molar-refractivity contribution in [3.05, 3.63) is 35.9 Å². The van der Waals surface area contributed by atoms with Crippen LogP contribution in [-0.2, 0) is 11.2 Å². The highest BCUT2D eigenvalue weighted by Gasteiger charge is 2.42. The summed E-state index contributed by atoms with van der Waals surface area (Å²) in [6.07, 6.45) is 3.92. The first-order valence-corrected chi connectivity index (χ1v) is 8.93. The third-order valence-electron chi connectivity index (χ3n) is 5.62. The van der Waals surface area contributed by atoms with Gasteiger partial charge in [0.1, 0.15) is 0 Å². The Morgan fingerprint density at radius 3 is 2.83 bits per heavy atom. The maximum Gasteiger partial charge on any atom is 0.221 e. The molecule has 3 rings (SSSR count). The van der Waals surface area contributed by atoms with Crippen molar-refractivity contribution in [2.24, 2.45) is 17.6 Å². The van der Waals surface area contributed by atoms with E-state index in [-0.39, 0.29) is 5.91 Å².